The highest BCUT2D eigenvalue weighted by Gasteiger charge is 2.40. The maximum Gasteiger partial charge on any atom is 0.345 e. The molecule has 1 aromatic heterocycles. The number of carboxylic acids is 1. The van der Waals surface area contributed by atoms with Crippen LogP contribution in [0.1, 0.15) is 33.8 Å². The quantitative estimate of drug-likeness (QED) is 0.858. The molecule has 2 atom stereocenters. The zero-order valence-electron chi connectivity index (χ0n) is 10.1. The molecule has 1 aromatic rings. The summed E-state index contributed by atoms with van der Waals surface area (Å²) in [4.78, 5) is 12.3. The molecule has 3 rings (SSSR count). The zero-order chi connectivity index (χ0) is 12.5. The van der Waals surface area contributed by atoms with Gasteiger partial charge in [0.1, 0.15) is 4.88 Å². The van der Waals surface area contributed by atoms with Gasteiger partial charge in [-0.25, -0.2) is 4.79 Å². The van der Waals surface area contributed by atoms with E-state index >= 15 is 0 Å². The van der Waals surface area contributed by atoms with E-state index in [1.165, 1.54) is 24.2 Å². The highest BCUT2D eigenvalue weighted by Crippen LogP contribution is 2.38. The number of carboxylic acid groups (broad SMARTS) is 1. The Morgan fingerprint density at radius 2 is 2.28 bits per heavy atom. The summed E-state index contributed by atoms with van der Waals surface area (Å²) < 4.78 is 5.77. The van der Waals surface area contributed by atoms with Gasteiger partial charge in [-0.1, -0.05) is 0 Å². The lowest BCUT2D eigenvalue weighted by Gasteiger charge is -2.18. The molecule has 0 spiro atoms. The van der Waals surface area contributed by atoms with Crippen molar-refractivity contribution in [1.82, 2.24) is 5.32 Å². The summed E-state index contributed by atoms with van der Waals surface area (Å²) in [6.07, 6.45) is 4.04. The average molecular weight is 267 g/mol. The molecule has 0 amide bonds. The number of carbonyl (C=O) groups is 1. The van der Waals surface area contributed by atoms with E-state index in [1.54, 1.807) is 6.07 Å². The molecule has 2 fully saturated rings. The van der Waals surface area contributed by atoms with Gasteiger partial charge < -0.3 is 15.2 Å². The van der Waals surface area contributed by atoms with Crippen molar-refractivity contribution >= 4 is 17.3 Å². The number of hydrogen-bond donors (Lipinski definition) is 2. The molecule has 0 radical (unpaired) electrons. The van der Waals surface area contributed by atoms with Crippen LogP contribution in [-0.2, 0) is 11.3 Å². The molecule has 0 bridgehead atoms. The zero-order valence-corrected chi connectivity index (χ0v) is 10.9. The van der Waals surface area contributed by atoms with E-state index in [9.17, 15) is 4.79 Å². The SMILES string of the molecule is O=C(O)c1ccc(CNC2CCOC2C2CC2)s1. The van der Waals surface area contributed by atoms with Gasteiger partial charge in [0.25, 0.3) is 0 Å². The Kier molecular flexibility index (Phi) is 3.37. The van der Waals surface area contributed by atoms with Crippen molar-refractivity contribution in [2.45, 2.75) is 38.0 Å². The monoisotopic (exact) mass is 267 g/mol. The summed E-state index contributed by atoms with van der Waals surface area (Å²) >= 11 is 1.35. The second-order valence-corrected chi connectivity index (χ2v) is 6.19. The van der Waals surface area contributed by atoms with Crippen LogP contribution in [-0.4, -0.2) is 29.8 Å². The second kappa shape index (κ2) is 4.99. The van der Waals surface area contributed by atoms with Gasteiger partial charge in [-0.2, -0.15) is 0 Å². The van der Waals surface area contributed by atoms with Crippen molar-refractivity contribution in [2.24, 2.45) is 5.92 Å². The lowest BCUT2D eigenvalue weighted by Crippen LogP contribution is -2.36. The molecule has 2 heterocycles. The molecule has 5 heteroatoms. The van der Waals surface area contributed by atoms with Gasteiger partial charge in [-0.3, -0.25) is 0 Å². The fourth-order valence-corrected chi connectivity index (χ4v) is 3.34. The molecular weight excluding hydrogens is 250 g/mol. The minimum atomic E-state index is -0.841. The Labute approximate surface area is 110 Å². The molecule has 1 saturated heterocycles. The summed E-state index contributed by atoms with van der Waals surface area (Å²) in [7, 11) is 0. The predicted octanol–water partition coefficient (Wildman–Crippen LogP) is 2.10. The first-order valence-electron chi connectivity index (χ1n) is 6.41. The third-order valence-electron chi connectivity index (χ3n) is 3.63. The molecule has 2 N–H and O–H groups in total. The maximum absolute atomic E-state index is 10.8. The van der Waals surface area contributed by atoms with Crippen LogP contribution >= 0.6 is 11.3 Å². The van der Waals surface area contributed by atoms with Crippen molar-refractivity contribution in [1.29, 1.82) is 0 Å². The molecule has 1 aliphatic carbocycles. The van der Waals surface area contributed by atoms with Crippen molar-refractivity contribution in [2.75, 3.05) is 6.61 Å². The highest BCUT2D eigenvalue weighted by atomic mass is 32.1. The van der Waals surface area contributed by atoms with Gasteiger partial charge in [-0.05, 0) is 37.3 Å². The Bertz CT molecular complexity index is 441. The van der Waals surface area contributed by atoms with E-state index in [2.05, 4.69) is 5.32 Å². The van der Waals surface area contributed by atoms with Crippen molar-refractivity contribution in [3.05, 3.63) is 21.9 Å². The van der Waals surface area contributed by atoms with Gasteiger partial charge in [0.2, 0.25) is 0 Å². The molecule has 0 aromatic carbocycles. The molecule has 1 saturated carbocycles. The fourth-order valence-electron chi connectivity index (χ4n) is 2.54. The van der Waals surface area contributed by atoms with Crippen LogP contribution in [0.25, 0.3) is 0 Å². The van der Waals surface area contributed by atoms with E-state index < -0.39 is 5.97 Å². The smallest absolute Gasteiger partial charge is 0.345 e. The number of rotatable bonds is 5. The van der Waals surface area contributed by atoms with Crippen LogP contribution in [0.5, 0.6) is 0 Å². The summed E-state index contributed by atoms with van der Waals surface area (Å²) in [6, 6.07) is 4.00. The first-order valence-corrected chi connectivity index (χ1v) is 7.22. The Morgan fingerprint density at radius 1 is 1.44 bits per heavy atom. The van der Waals surface area contributed by atoms with Crippen molar-refractivity contribution in [3.8, 4) is 0 Å². The molecular formula is C13H17NO3S. The van der Waals surface area contributed by atoms with Crippen LogP contribution in [0.4, 0.5) is 0 Å². The van der Waals surface area contributed by atoms with E-state index in [4.69, 9.17) is 9.84 Å². The average Bonchev–Trinajstić information content (AvgIpc) is 2.92. The Hall–Kier alpha value is -0.910. The van der Waals surface area contributed by atoms with Gasteiger partial charge in [0.05, 0.1) is 6.10 Å². The van der Waals surface area contributed by atoms with Crippen LogP contribution < -0.4 is 5.32 Å². The minimum Gasteiger partial charge on any atom is -0.477 e. The first kappa shape index (κ1) is 12.1. The molecule has 98 valence electrons. The standard InChI is InChI=1S/C13H17NO3S/c15-13(16)11-4-3-9(18-11)7-14-10-5-6-17-12(10)8-1-2-8/h3-4,8,10,12,14H,1-2,5-7H2,(H,15,16). The fraction of sp³-hybridized carbons (Fsp3) is 0.615. The van der Waals surface area contributed by atoms with Crippen molar-refractivity contribution < 1.29 is 14.6 Å². The summed E-state index contributed by atoms with van der Waals surface area (Å²) in [5, 5.41) is 12.4. The first-order chi connectivity index (χ1) is 8.74. The van der Waals surface area contributed by atoms with E-state index in [0.717, 1.165) is 30.4 Å². The number of hydrogen-bond acceptors (Lipinski definition) is 4. The number of ether oxygens (including phenoxy) is 1. The number of aromatic carboxylic acids is 1. The maximum atomic E-state index is 10.8. The van der Waals surface area contributed by atoms with Crippen LogP contribution in [0, 0.1) is 5.92 Å². The molecule has 1 aliphatic heterocycles. The third-order valence-corrected chi connectivity index (χ3v) is 4.71. The summed E-state index contributed by atoms with van der Waals surface area (Å²) in [5.74, 6) is -0.0887. The van der Waals surface area contributed by atoms with Crippen LogP contribution in [0.15, 0.2) is 12.1 Å². The molecule has 4 nitrogen and oxygen atoms in total. The molecule has 18 heavy (non-hydrogen) atoms. The van der Waals surface area contributed by atoms with Gasteiger partial charge in [0, 0.05) is 24.1 Å². The van der Waals surface area contributed by atoms with E-state index in [0.29, 0.717) is 17.0 Å². The Morgan fingerprint density at radius 3 is 2.94 bits per heavy atom. The van der Waals surface area contributed by atoms with Crippen LogP contribution in [0.2, 0.25) is 0 Å². The second-order valence-electron chi connectivity index (χ2n) is 5.02. The third kappa shape index (κ3) is 2.58. The lowest BCUT2D eigenvalue weighted by molar-refractivity contribution is 0.0702. The van der Waals surface area contributed by atoms with Crippen LogP contribution in [0.3, 0.4) is 0 Å². The summed E-state index contributed by atoms with van der Waals surface area (Å²) in [6.45, 7) is 1.60. The normalized spacial score (nSPS) is 27.6. The predicted molar refractivity (Wildman–Crippen MR) is 69.0 cm³/mol. The summed E-state index contributed by atoms with van der Waals surface area (Å²) in [5.41, 5.74) is 0. The molecule has 2 aliphatic rings. The van der Waals surface area contributed by atoms with Gasteiger partial charge >= 0.3 is 5.97 Å². The van der Waals surface area contributed by atoms with Gasteiger partial charge in [0.15, 0.2) is 0 Å². The highest BCUT2D eigenvalue weighted by molar-refractivity contribution is 7.13. The molecule has 2 unspecified atom stereocenters. The number of thiophene rings is 1. The van der Waals surface area contributed by atoms with E-state index in [1.807, 2.05) is 6.07 Å². The minimum absolute atomic E-state index is 0.379. The van der Waals surface area contributed by atoms with Crippen molar-refractivity contribution in [3.63, 3.8) is 0 Å². The number of nitrogens with one attached hydrogen (secondary N) is 1. The topological polar surface area (TPSA) is 58.6 Å². The largest absolute Gasteiger partial charge is 0.477 e. The van der Waals surface area contributed by atoms with E-state index in [-0.39, 0.29) is 0 Å². The Balaban J connectivity index is 1.55. The lowest BCUT2D eigenvalue weighted by atomic mass is 10.1. The van der Waals surface area contributed by atoms with Gasteiger partial charge in [-0.15, -0.1) is 11.3 Å².